The molecule has 0 fully saturated rings. The molecule has 1 aromatic carbocycles. The highest BCUT2D eigenvalue weighted by Crippen LogP contribution is 2.21. The first-order chi connectivity index (χ1) is 10.5. The third kappa shape index (κ3) is 2.33. The first kappa shape index (κ1) is 14.5. The van der Waals surface area contributed by atoms with Crippen molar-refractivity contribution in [2.75, 3.05) is 0 Å². The molecule has 3 rings (SSSR count). The van der Waals surface area contributed by atoms with Crippen molar-refractivity contribution in [3.05, 3.63) is 57.2 Å². The Hall–Kier alpha value is -2.41. The third-order valence-electron chi connectivity index (χ3n) is 3.42. The van der Waals surface area contributed by atoms with Crippen LogP contribution in [0.5, 0.6) is 0 Å². The second kappa shape index (κ2) is 5.42. The summed E-state index contributed by atoms with van der Waals surface area (Å²) in [7, 11) is 0. The van der Waals surface area contributed by atoms with Crippen molar-refractivity contribution in [2.45, 2.75) is 13.5 Å². The normalized spacial score (nSPS) is 11.0. The molecule has 3 aromatic rings. The molecule has 2 heterocycles. The van der Waals surface area contributed by atoms with Gasteiger partial charge in [-0.05, 0) is 46.6 Å². The van der Waals surface area contributed by atoms with Crippen molar-refractivity contribution < 1.29 is 9.90 Å². The van der Waals surface area contributed by atoms with Gasteiger partial charge < -0.3 is 5.11 Å². The number of para-hydroxylation sites is 1. The van der Waals surface area contributed by atoms with Crippen LogP contribution >= 0.6 is 15.9 Å². The molecule has 6 nitrogen and oxygen atoms in total. The van der Waals surface area contributed by atoms with Gasteiger partial charge >= 0.3 is 11.7 Å². The lowest BCUT2D eigenvalue weighted by atomic mass is 10.2. The Morgan fingerprint density at radius 1 is 1.32 bits per heavy atom. The van der Waals surface area contributed by atoms with Gasteiger partial charge in [-0.25, -0.2) is 9.78 Å². The number of carboxylic acid groups (broad SMARTS) is 1. The number of benzene rings is 1. The maximum absolute atomic E-state index is 12.7. The quantitative estimate of drug-likeness (QED) is 0.726. The number of imidazole rings is 1. The zero-order valence-electron chi connectivity index (χ0n) is 11.7. The molecule has 0 radical (unpaired) electrons. The summed E-state index contributed by atoms with van der Waals surface area (Å²) in [4.78, 5) is 27.9. The van der Waals surface area contributed by atoms with Crippen LogP contribution in [0.3, 0.4) is 0 Å². The van der Waals surface area contributed by atoms with Crippen LogP contribution in [0.4, 0.5) is 0 Å². The average molecular weight is 362 g/mol. The van der Waals surface area contributed by atoms with E-state index in [1.54, 1.807) is 30.5 Å². The number of carbonyl (C=O) groups is 1. The molecular weight excluding hydrogens is 350 g/mol. The molecule has 0 aliphatic carbocycles. The Morgan fingerprint density at radius 2 is 2.09 bits per heavy atom. The Balaban J connectivity index is 2.39. The largest absolute Gasteiger partial charge is 0.480 e. The van der Waals surface area contributed by atoms with Crippen LogP contribution in [0.1, 0.15) is 5.56 Å². The average Bonchev–Trinajstić information content (AvgIpc) is 2.74. The first-order valence-corrected chi connectivity index (χ1v) is 7.33. The van der Waals surface area contributed by atoms with Gasteiger partial charge in [-0.2, -0.15) is 0 Å². The summed E-state index contributed by atoms with van der Waals surface area (Å²) in [5, 5.41) is 9.05. The zero-order chi connectivity index (χ0) is 15.9. The number of halogens is 1. The SMILES string of the molecule is Cc1cccc2c1n(-c1ccc(Br)nc1)c(=O)n2CC(=O)O. The van der Waals surface area contributed by atoms with Gasteiger partial charge in [0.1, 0.15) is 11.1 Å². The van der Waals surface area contributed by atoms with Gasteiger partial charge in [-0.15, -0.1) is 0 Å². The second-order valence-electron chi connectivity index (χ2n) is 4.88. The summed E-state index contributed by atoms with van der Waals surface area (Å²) in [5.74, 6) is -1.06. The highest BCUT2D eigenvalue weighted by Gasteiger charge is 2.17. The summed E-state index contributed by atoms with van der Waals surface area (Å²) in [6.07, 6.45) is 1.57. The summed E-state index contributed by atoms with van der Waals surface area (Å²) in [5.41, 5.74) is 2.38. The van der Waals surface area contributed by atoms with Gasteiger partial charge in [0, 0.05) is 0 Å². The third-order valence-corrected chi connectivity index (χ3v) is 3.89. The maximum atomic E-state index is 12.7. The van der Waals surface area contributed by atoms with E-state index in [1.165, 1.54) is 9.13 Å². The lowest BCUT2D eigenvalue weighted by Crippen LogP contribution is -2.26. The number of aromatic nitrogens is 3. The van der Waals surface area contributed by atoms with E-state index in [4.69, 9.17) is 5.11 Å². The van der Waals surface area contributed by atoms with Crippen LogP contribution in [-0.4, -0.2) is 25.2 Å². The van der Waals surface area contributed by atoms with Crippen molar-refractivity contribution in [3.8, 4) is 5.69 Å². The van der Waals surface area contributed by atoms with Crippen molar-refractivity contribution in [3.63, 3.8) is 0 Å². The Labute approximate surface area is 133 Å². The summed E-state index contributed by atoms with van der Waals surface area (Å²) < 4.78 is 3.41. The van der Waals surface area contributed by atoms with Gasteiger partial charge in [-0.3, -0.25) is 13.9 Å². The number of nitrogens with zero attached hydrogens (tertiary/aromatic N) is 3. The smallest absolute Gasteiger partial charge is 0.334 e. The van der Waals surface area contributed by atoms with E-state index in [1.807, 2.05) is 13.0 Å². The lowest BCUT2D eigenvalue weighted by Gasteiger charge is -2.04. The fraction of sp³-hybridized carbons (Fsp3) is 0.133. The predicted octanol–water partition coefficient (Wildman–Crippen LogP) is 2.34. The minimum atomic E-state index is -1.06. The van der Waals surface area contributed by atoms with E-state index in [0.29, 0.717) is 21.3 Å². The summed E-state index contributed by atoms with van der Waals surface area (Å²) in [6.45, 7) is 1.51. The second-order valence-corrected chi connectivity index (χ2v) is 5.69. The highest BCUT2D eigenvalue weighted by molar-refractivity contribution is 9.10. The topological polar surface area (TPSA) is 77.1 Å². The van der Waals surface area contributed by atoms with Gasteiger partial charge in [0.15, 0.2) is 0 Å². The summed E-state index contributed by atoms with van der Waals surface area (Å²) >= 11 is 3.26. The van der Waals surface area contributed by atoms with Crippen LogP contribution in [0.2, 0.25) is 0 Å². The number of aryl methyl sites for hydroxylation is 1. The molecule has 112 valence electrons. The van der Waals surface area contributed by atoms with Gasteiger partial charge in [0.25, 0.3) is 0 Å². The molecule has 0 unspecified atom stereocenters. The van der Waals surface area contributed by atoms with E-state index >= 15 is 0 Å². The molecule has 0 atom stereocenters. The maximum Gasteiger partial charge on any atom is 0.334 e. The Morgan fingerprint density at radius 3 is 2.73 bits per heavy atom. The molecular formula is C15H12BrN3O3. The van der Waals surface area contributed by atoms with Crippen molar-refractivity contribution in [1.29, 1.82) is 0 Å². The number of pyridine rings is 1. The van der Waals surface area contributed by atoms with Gasteiger partial charge in [-0.1, -0.05) is 12.1 Å². The fourth-order valence-corrected chi connectivity index (χ4v) is 2.73. The van der Waals surface area contributed by atoms with Crippen LogP contribution in [0.25, 0.3) is 16.7 Å². The summed E-state index contributed by atoms with van der Waals surface area (Å²) in [6, 6.07) is 8.93. The highest BCUT2D eigenvalue weighted by atomic mass is 79.9. The number of carboxylic acids is 1. The van der Waals surface area contributed by atoms with E-state index < -0.39 is 11.7 Å². The van der Waals surface area contributed by atoms with E-state index in [2.05, 4.69) is 20.9 Å². The molecule has 0 saturated heterocycles. The number of rotatable bonds is 3. The van der Waals surface area contributed by atoms with Crippen LogP contribution in [0, 0.1) is 6.92 Å². The molecule has 0 aliphatic heterocycles. The fourth-order valence-electron chi connectivity index (χ4n) is 2.50. The van der Waals surface area contributed by atoms with Crippen molar-refractivity contribution >= 4 is 32.9 Å². The molecule has 0 aliphatic rings. The number of aliphatic carboxylic acids is 1. The molecule has 0 amide bonds. The lowest BCUT2D eigenvalue weighted by molar-refractivity contribution is -0.137. The molecule has 0 spiro atoms. The Bertz CT molecular complexity index is 926. The van der Waals surface area contributed by atoms with Crippen molar-refractivity contribution in [2.24, 2.45) is 0 Å². The predicted molar refractivity (Wildman–Crippen MR) is 85.4 cm³/mol. The molecule has 22 heavy (non-hydrogen) atoms. The minimum Gasteiger partial charge on any atom is -0.480 e. The van der Waals surface area contributed by atoms with Gasteiger partial charge in [0.05, 0.1) is 22.9 Å². The van der Waals surface area contributed by atoms with Crippen LogP contribution < -0.4 is 5.69 Å². The van der Waals surface area contributed by atoms with E-state index in [9.17, 15) is 9.59 Å². The Kier molecular flexibility index (Phi) is 3.58. The molecule has 0 saturated carbocycles. The molecule has 1 N–H and O–H groups in total. The van der Waals surface area contributed by atoms with Crippen LogP contribution in [0.15, 0.2) is 45.9 Å². The molecule has 0 bridgehead atoms. The zero-order valence-corrected chi connectivity index (χ0v) is 13.2. The number of hydrogen-bond acceptors (Lipinski definition) is 3. The monoisotopic (exact) mass is 361 g/mol. The van der Waals surface area contributed by atoms with E-state index in [-0.39, 0.29) is 6.54 Å². The standard InChI is InChI=1S/C15H12BrN3O3/c1-9-3-2-4-11-14(9)19(10-5-6-12(16)17-7-10)15(22)18(11)8-13(20)21/h2-7H,8H2,1H3,(H,20,21). The van der Waals surface area contributed by atoms with Crippen LogP contribution in [-0.2, 0) is 11.3 Å². The van der Waals surface area contributed by atoms with Gasteiger partial charge in [0.2, 0.25) is 0 Å². The molecule has 2 aromatic heterocycles. The van der Waals surface area contributed by atoms with E-state index in [0.717, 1.165) is 5.56 Å². The molecule has 7 heteroatoms. The first-order valence-electron chi connectivity index (χ1n) is 6.53. The number of hydrogen-bond donors (Lipinski definition) is 1. The number of fused-ring (bicyclic) bond motifs is 1. The minimum absolute atomic E-state index is 0.379. The van der Waals surface area contributed by atoms with Crippen molar-refractivity contribution in [1.82, 2.24) is 14.1 Å².